The molecule has 0 unspecified atom stereocenters. The van der Waals surface area contributed by atoms with E-state index in [1.807, 2.05) is 30.9 Å². The molecule has 140 valence electrons. The first-order valence-electron chi connectivity index (χ1n) is 9.46. The second-order valence-electron chi connectivity index (χ2n) is 7.89. The van der Waals surface area contributed by atoms with Gasteiger partial charge in [-0.2, -0.15) is 0 Å². The first kappa shape index (κ1) is 18.9. The van der Waals surface area contributed by atoms with Gasteiger partial charge >= 0.3 is 0 Å². The Kier molecular flexibility index (Phi) is 5.66. The molecule has 0 bridgehead atoms. The molecule has 1 fully saturated rings. The molecule has 1 aromatic heterocycles. The van der Waals surface area contributed by atoms with Crippen LogP contribution in [0.3, 0.4) is 0 Å². The van der Waals surface area contributed by atoms with Gasteiger partial charge in [-0.25, -0.2) is 0 Å². The maximum atomic E-state index is 12.8. The molecule has 0 aliphatic carbocycles. The number of thiophene rings is 1. The average Bonchev–Trinajstić information content (AvgIpc) is 3.17. The van der Waals surface area contributed by atoms with E-state index < -0.39 is 0 Å². The molecule has 2 heterocycles. The lowest BCUT2D eigenvalue weighted by molar-refractivity contribution is -0.130. The monoisotopic (exact) mass is 372 g/mol. The normalized spacial score (nSPS) is 17.5. The van der Waals surface area contributed by atoms with E-state index in [0.29, 0.717) is 18.9 Å². The number of likely N-dealkylation sites (tertiary alicyclic amines) is 1. The van der Waals surface area contributed by atoms with Crippen molar-refractivity contribution in [3.63, 3.8) is 0 Å². The Morgan fingerprint density at radius 3 is 2.65 bits per heavy atom. The van der Waals surface area contributed by atoms with E-state index in [2.05, 4.69) is 31.3 Å². The number of nitrogens with one attached hydrogen (secondary N) is 1. The predicted octanol–water partition coefficient (Wildman–Crippen LogP) is 4.40. The topological polar surface area (TPSA) is 49.4 Å². The van der Waals surface area contributed by atoms with Gasteiger partial charge in [-0.05, 0) is 43.2 Å². The highest BCUT2D eigenvalue weighted by Crippen LogP contribution is 2.40. The molecule has 0 saturated carbocycles. The quantitative estimate of drug-likeness (QED) is 0.845. The van der Waals surface area contributed by atoms with Gasteiger partial charge in [0.1, 0.15) is 0 Å². The molecular formula is C21H28N2O2S. The number of nitrogens with zero attached hydrogens (tertiary/aromatic N) is 1. The summed E-state index contributed by atoms with van der Waals surface area (Å²) in [6.07, 6.45) is 1.52. The molecule has 2 aromatic rings. The molecular weight excluding hydrogens is 344 g/mol. The lowest BCUT2D eigenvalue weighted by Crippen LogP contribution is -2.31. The molecule has 0 spiro atoms. The number of amides is 2. The predicted molar refractivity (Wildman–Crippen MR) is 108 cm³/mol. The van der Waals surface area contributed by atoms with Crippen LogP contribution in [-0.4, -0.2) is 35.8 Å². The van der Waals surface area contributed by atoms with Crippen LogP contribution in [0.25, 0.3) is 10.1 Å². The van der Waals surface area contributed by atoms with E-state index in [0.717, 1.165) is 33.5 Å². The number of hydrogen-bond acceptors (Lipinski definition) is 3. The molecule has 4 nitrogen and oxygen atoms in total. The largest absolute Gasteiger partial charge is 0.349 e. The van der Waals surface area contributed by atoms with Gasteiger partial charge in [0.05, 0.1) is 4.88 Å². The van der Waals surface area contributed by atoms with E-state index in [-0.39, 0.29) is 23.8 Å². The number of rotatable bonds is 5. The zero-order valence-corrected chi connectivity index (χ0v) is 16.9. The Bertz CT molecular complexity index is 809. The number of carbonyl (C=O) groups is 2. The van der Waals surface area contributed by atoms with Crippen LogP contribution in [0.15, 0.2) is 24.3 Å². The van der Waals surface area contributed by atoms with Crippen LogP contribution >= 0.6 is 11.3 Å². The minimum Gasteiger partial charge on any atom is -0.349 e. The molecule has 3 rings (SSSR count). The minimum atomic E-state index is 0.00292. The summed E-state index contributed by atoms with van der Waals surface area (Å²) in [6.45, 7) is 9.61. The molecule has 1 saturated heterocycles. The maximum Gasteiger partial charge on any atom is 0.261 e. The summed E-state index contributed by atoms with van der Waals surface area (Å²) in [5, 5.41) is 4.20. The summed E-state index contributed by atoms with van der Waals surface area (Å²) in [4.78, 5) is 28.0. The van der Waals surface area contributed by atoms with Gasteiger partial charge in [0.2, 0.25) is 5.91 Å². The van der Waals surface area contributed by atoms with Crippen molar-refractivity contribution < 1.29 is 9.59 Å². The summed E-state index contributed by atoms with van der Waals surface area (Å²) >= 11 is 1.57. The van der Waals surface area contributed by atoms with Crippen molar-refractivity contribution in [2.45, 2.75) is 52.5 Å². The maximum absolute atomic E-state index is 12.8. The molecule has 5 heteroatoms. The molecule has 1 atom stereocenters. The molecule has 1 aliphatic heterocycles. The van der Waals surface area contributed by atoms with Crippen molar-refractivity contribution >= 4 is 33.2 Å². The standard InChI is InChI=1S/C21H28N2O2S/c1-13(2)11-18(24)23-10-9-15(12-23)19-16-7-5-6-8-17(16)26-20(19)21(25)22-14(3)4/h5-8,13-15H,9-12H2,1-4H3,(H,22,25)/t15-/m1/s1. The van der Waals surface area contributed by atoms with Gasteiger partial charge in [-0.1, -0.05) is 32.0 Å². The zero-order valence-electron chi connectivity index (χ0n) is 16.0. The van der Waals surface area contributed by atoms with E-state index in [9.17, 15) is 9.59 Å². The van der Waals surface area contributed by atoms with Crippen molar-refractivity contribution in [2.75, 3.05) is 13.1 Å². The molecule has 26 heavy (non-hydrogen) atoms. The zero-order chi connectivity index (χ0) is 18.8. The number of benzene rings is 1. The third kappa shape index (κ3) is 3.93. The first-order chi connectivity index (χ1) is 12.4. The lowest BCUT2D eigenvalue weighted by Gasteiger charge is -2.18. The van der Waals surface area contributed by atoms with Crippen LogP contribution in [-0.2, 0) is 4.79 Å². The van der Waals surface area contributed by atoms with Crippen LogP contribution in [0.2, 0.25) is 0 Å². The first-order valence-corrected chi connectivity index (χ1v) is 10.3. The summed E-state index contributed by atoms with van der Waals surface area (Å²) in [6, 6.07) is 8.32. The summed E-state index contributed by atoms with van der Waals surface area (Å²) < 4.78 is 1.14. The van der Waals surface area contributed by atoms with E-state index in [1.54, 1.807) is 11.3 Å². The molecule has 1 aromatic carbocycles. The van der Waals surface area contributed by atoms with Gasteiger partial charge in [-0.3, -0.25) is 9.59 Å². The second kappa shape index (κ2) is 7.78. The average molecular weight is 373 g/mol. The van der Waals surface area contributed by atoms with Crippen LogP contribution in [0.5, 0.6) is 0 Å². The van der Waals surface area contributed by atoms with E-state index in [4.69, 9.17) is 0 Å². The number of fused-ring (bicyclic) bond motifs is 1. The Morgan fingerprint density at radius 1 is 1.23 bits per heavy atom. The van der Waals surface area contributed by atoms with Crippen molar-refractivity contribution in [3.05, 3.63) is 34.7 Å². The Hall–Kier alpha value is -1.88. The Morgan fingerprint density at radius 2 is 1.96 bits per heavy atom. The highest BCUT2D eigenvalue weighted by Gasteiger charge is 2.32. The lowest BCUT2D eigenvalue weighted by atomic mass is 9.95. The SMILES string of the molecule is CC(C)CC(=O)N1CC[C@@H](c2c(C(=O)NC(C)C)sc3ccccc23)C1. The van der Waals surface area contributed by atoms with Gasteiger partial charge in [0.15, 0.2) is 0 Å². The summed E-state index contributed by atoms with van der Waals surface area (Å²) in [7, 11) is 0. The van der Waals surface area contributed by atoms with Crippen molar-refractivity contribution in [2.24, 2.45) is 5.92 Å². The Balaban J connectivity index is 1.91. The van der Waals surface area contributed by atoms with Crippen LogP contribution in [0.4, 0.5) is 0 Å². The van der Waals surface area contributed by atoms with E-state index in [1.165, 1.54) is 0 Å². The van der Waals surface area contributed by atoms with Crippen LogP contribution in [0.1, 0.15) is 61.7 Å². The molecule has 1 N–H and O–H groups in total. The third-order valence-corrected chi connectivity index (χ3v) is 5.98. The summed E-state index contributed by atoms with van der Waals surface area (Å²) in [5.41, 5.74) is 1.13. The van der Waals surface area contributed by atoms with Crippen LogP contribution < -0.4 is 5.32 Å². The van der Waals surface area contributed by atoms with Crippen molar-refractivity contribution in [1.29, 1.82) is 0 Å². The van der Waals surface area contributed by atoms with Gasteiger partial charge in [-0.15, -0.1) is 11.3 Å². The third-order valence-electron chi connectivity index (χ3n) is 4.79. The highest BCUT2D eigenvalue weighted by molar-refractivity contribution is 7.21. The fourth-order valence-corrected chi connectivity index (χ4v) is 4.86. The van der Waals surface area contributed by atoms with Gasteiger partial charge in [0.25, 0.3) is 5.91 Å². The van der Waals surface area contributed by atoms with E-state index >= 15 is 0 Å². The van der Waals surface area contributed by atoms with Crippen molar-refractivity contribution in [3.8, 4) is 0 Å². The molecule has 0 radical (unpaired) electrons. The highest BCUT2D eigenvalue weighted by atomic mass is 32.1. The minimum absolute atomic E-state index is 0.00292. The molecule has 2 amide bonds. The number of hydrogen-bond donors (Lipinski definition) is 1. The van der Waals surface area contributed by atoms with Gasteiger partial charge < -0.3 is 10.2 Å². The smallest absolute Gasteiger partial charge is 0.261 e. The van der Waals surface area contributed by atoms with Crippen LogP contribution in [0, 0.1) is 5.92 Å². The fraction of sp³-hybridized carbons (Fsp3) is 0.524. The van der Waals surface area contributed by atoms with Crippen molar-refractivity contribution in [1.82, 2.24) is 10.2 Å². The second-order valence-corrected chi connectivity index (χ2v) is 8.94. The number of carbonyl (C=O) groups excluding carboxylic acids is 2. The molecule has 1 aliphatic rings. The van der Waals surface area contributed by atoms with Gasteiger partial charge in [0, 0.05) is 36.2 Å². The fourth-order valence-electron chi connectivity index (χ4n) is 3.67. The Labute approximate surface area is 159 Å². The summed E-state index contributed by atoms with van der Waals surface area (Å²) in [5.74, 6) is 0.837.